The van der Waals surface area contributed by atoms with Crippen LogP contribution in [0.25, 0.3) is 11.4 Å². The van der Waals surface area contributed by atoms with Crippen LogP contribution in [0.1, 0.15) is 17.8 Å². The molecule has 0 saturated heterocycles. The zero-order valence-corrected chi connectivity index (χ0v) is 10.4. The standard InChI is InChI=1S/C14H16FN3/c1-9-13-7-6-10(16)8-18(13)14(17-9)11-4-2-3-5-12(11)15/h2-5,10H,6-8,16H2,1H3. The minimum atomic E-state index is -0.232. The van der Waals surface area contributed by atoms with Gasteiger partial charge in [0.15, 0.2) is 0 Å². The first-order valence-corrected chi connectivity index (χ1v) is 6.23. The third-order valence-electron chi connectivity index (χ3n) is 3.56. The fraction of sp³-hybridized carbons (Fsp3) is 0.357. The van der Waals surface area contributed by atoms with Crippen molar-refractivity contribution in [2.45, 2.75) is 32.4 Å². The minimum absolute atomic E-state index is 0.136. The van der Waals surface area contributed by atoms with Gasteiger partial charge in [0.2, 0.25) is 0 Å². The van der Waals surface area contributed by atoms with Crippen LogP contribution in [0.4, 0.5) is 4.39 Å². The lowest BCUT2D eigenvalue weighted by atomic mass is 10.0. The van der Waals surface area contributed by atoms with E-state index in [1.165, 1.54) is 11.8 Å². The van der Waals surface area contributed by atoms with Gasteiger partial charge in [-0.1, -0.05) is 12.1 Å². The van der Waals surface area contributed by atoms with Crippen LogP contribution in [-0.4, -0.2) is 15.6 Å². The van der Waals surface area contributed by atoms with E-state index in [0.717, 1.165) is 25.1 Å². The topological polar surface area (TPSA) is 43.8 Å². The molecular weight excluding hydrogens is 229 g/mol. The number of rotatable bonds is 1. The minimum Gasteiger partial charge on any atom is -0.326 e. The molecule has 1 atom stereocenters. The number of aromatic nitrogens is 2. The quantitative estimate of drug-likeness (QED) is 0.837. The fourth-order valence-electron chi connectivity index (χ4n) is 2.62. The number of fused-ring (bicyclic) bond motifs is 1. The van der Waals surface area contributed by atoms with Gasteiger partial charge in [0, 0.05) is 18.3 Å². The van der Waals surface area contributed by atoms with E-state index in [4.69, 9.17) is 5.73 Å². The van der Waals surface area contributed by atoms with E-state index in [2.05, 4.69) is 9.55 Å². The van der Waals surface area contributed by atoms with Gasteiger partial charge in [-0.3, -0.25) is 0 Å². The summed E-state index contributed by atoms with van der Waals surface area (Å²) < 4.78 is 15.9. The van der Waals surface area contributed by atoms with Gasteiger partial charge in [0.05, 0.1) is 11.3 Å². The highest BCUT2D eigenvalue weighted by atomic mass is 19.1. The molecule has 1 aromatic carbocycles. The van der Waals surface area contributed by atoms with E-state index >= 15 is 0 Å². The van der Waals surface area contributed by atoms with Gasteiger partial charge in [0.25, 0.3) is 0 Å². The highest BCUT2D eigenvalue weighted by molar-refractivity contribution is 5.58. The highest BCUT2D eigenvalue weighted by Gasteiger charge is 2.23. The van der Waals surface area contributed by atoms with Gasteiger partial charge < -0.3 is 10.3 Å². The third kappa shape index (κ3) is 1.73. The van der Waals surface area contributed by atoms with Crippen molar-refractivity contribution in [3.05, 3.63) is 41.5 Å². The lowest BCUT2D eigenvalue weighted by molar-refractivity contribution is 0.461. The molecule has 1 aliphatic heterocycles. The van der Waals surface area contributed by atoms with Gasteiger partial charge >= 0.3 is 0 Å². The predicted molar refractivity (Wildman–Crippen MR) is 68.7 cm³/mol. The molecule has 0 fully saturated rings. The van der Waals surface area contributed by atoms with Crippen molar-refractivity contribution in [3.8, 4) is 11.4 Å². The molecule has 3 rings (SSSR count). The molecule has 1 aliphatic rings. The Balaban J connectivity index is 2.17. The van der Waals surface area contributed by atoms with Crippen LogP contribution >= 0.6 is 0 Å². The van der Waals surface area contributed by atoms with E-state index < -0.39 is 0 Å². The molecule has 0 radical (unpaired) electrons. The molecule has 2 heterocycles. The van der Waals surface area contributed by atoms with Gasteiger partial charge in [-0.25, -0.2) is 9.37 Å². The molecule has 3 nitrogen and oxygen atoms in total. The normalized spacial score (nSPS) is 18.7. The zero-order chi connectivity index (χ0) is 12.7. The first kappa shape index (κ1) is 11.4. The molecule has 2 N–H and O–H groups in total. The molecule has 0 bridgehead atoms. The Kier molecular flexibility index (Phi) is 2.67. The third-order valence-corrected chi connectivity index (χ3v) is 3.56. The summed E-state index contributed by atoms with van der Waals surface area (Å²) in [4.78, 5) is 4.53. The van der Waals surface area contributed by atoms with Crippen molar-refractivity contribution in [2.24, 2.45) is 5.73 Å². The monoisotopic (exact) mass is 245 g/mol. The van der Waals surface area contributed by atoms with Gasteiger partial charge in [-0.15, -0.1) is 0 Å². The number of aryl methyl sites for hydroxylation is 1. The van der Waals surface area contributed by atoms with E-state index in [9.17, 15) is 4.39 Å². The van der Waals surface area contributed by atoms with Crippen molar-refractivity contribution in [3.63, 3.8) is 0 Å². The van der Waals surface area contributed by atoms with E-state index in [-0.39, 0.29) is 11.9 Å². The summed E-state index contributed by atoms with van der Waals surface area (Å²) in [6.45, 7) is 2.70. The number of imidazole rings is 1. The molecule has 0 amide bonds. The molecule has 94 valence electrons. The Morgan fingerprint density at radius 1 is 1.39 bits per heavy atom. The number of halogens is 1. The maximum absolute atomic E-state index is 13.9. The van der Waals surface area contributed by atoms with E-state index in [1.807, 2.05) is 13.0 Å². The smallest absolute Gasteiger partial charge is 0.143 e. The van der Waals surface area contributed by atoms with Gasteiger partial charge in [0.1, 0.15) is 11.6 Å². The van der Waals surface area contributed by atoms with Gasteiger partial charge in [-0.2, -0.15) is 0 Å². The summed E-state index contributed by atoms with van der Waals surface area (Å²) in [5, 5.41) is 0. The molecule has 0 spiro atoms. The summed E-state index contributed by atoms with van der Waals surface area (Å²) in [5.74, 6) is 0.472. The van der Waals surface area contributed by atoms with Crippen LogP contribution in [0.3, 0.4) is 0 Å². The van der Waals surface area contributed by atoms with E-state index in [1.54, 1.807) is 12.1 Å². The summed E-state index contributed by atoms with van der Waals surface area (Å²) in [5.41, 5.74) is 8.73. The van der Waals surface area contributed by atoms with Crippen LogP contribution in [0.5, 0.6) is 0 Å². The molecule has 0 aliphatic carbocycles. The predicted octanol–water partition coefficient (Wildman–Crippen LogP) is 2.27. The lowest BCUT2D eigenvalue weighted by Crippen LogP contribution is -2.32. The SMILES string of the molecule is Cc1nc(-c2ccccc2F)n2c1CCC(N)C2. The summed E-state index contributed by atoms with van der Waals surface area (Å²) in [6.07, 6.45) is 1.90. The molecule has 4 heteroatoms. The second kappa shape index (κ2) is 4.21. The van der Waals surface area contributed by atoms with Crippen LogP contribution in [-0.2, 0) is 13.0 Å². The van der Waals surface area contributed by atoms with Crippen molar-refractivity contribution in [1.82, 2.24) is 9.55 Å². The van der Waals surface area contributed by atoms with Crippen LogP contribution in [0.2, 0.25) is 0 Å². The lowest BCUT2D eigenvalue weighted by Gasteiger charge is -2.22. The number of nitrogens with zero attached hydrogens (tertiary/aromatic N) is 2. The second-order valence-electron chi connectivity index (χ2n) is 4.86. The molecule has 0 saturated carbocycles. The second-order valence-corrected chi connectivity index (χ2v) is 4.86. The summed E-state index contributed by atoms with van der Waals surface area (Å²) >= 11 is 0. The Hall–Kier alpha value is -1.68. The Morgan fingerprint density at radius 2 is 2.17 bits per heavy atom. The first-order chi connectivity index (χ1) is 8.66. The Morgan fingerprint density at radius 3 is 2.94 bits per heavy atom. The van der Waals surface area contributed by atoms with Crippen LogP contribution < -0.4 is 5.73 Å². The summed E-state index contributed by atoms with van der Waals surface area (Å²) in [7, 11) is 0. The first-order valence-electron chi connectivity index (χ1n) is 6.23. The Bertz CT molecular complexity index is 589. The van der Waals surface area contributed by atoms with Crippen molar-refractivity contribution >= 4 is 0 Å². The van der Waals surface area contributed by atoms with Crippen molar-refractivity contribution in [1.29, 1.82) is 0 Å². The maximum atomic E-state index is 13.9. The maximum Gasteiger partial charge on any atom is 0.143 e. The highest BCUT2D eigenvalue weighted by Crippen LogP contribution is 2.28. The van der Waals surface area contributed by atoms with Crippen LogP contribution in [0.15, 0.2) is 24.3 Å². The molecular formula is C14H16FN3. The van der Waals surface area contributed by atoms with Crippen molar-refractivity contribution < 1.29 is 4.39 Å². The van der Waals surface area contributed by atoms with Crippen molar-refractivity contribution in [2.75, 3.05) is 0 Å². The molecule has 2 aromatic rings. The van der Waals surface area contributed by atoms with Crippen LogP contribution in [0, 0.1) is 12.7 Å². The average Bonchev–Trinajstić information content (AvgIpc) is 2.67. The number of hydrogen-bond acceptors (Lipinski definition) is 2. The number of hydrogen-bond donors (Lipinski definition) is 1. The Labute approximate surface area is 105 Å². The largest absolute Gasteiger partial charge is 0.326 e. The van der Waals surface area contributed by atoms with E-state index in [0.29, 0.717) is 11.4 Å². The molecule has 1 aromatic heterocycles. The fourth-order valence-corrected chi connectivity index (χ4v) is 2.62. The average molecular weight is 245 g/mol. The molecule has 1 unspecified atom stereocenters. The summed E-state index contributed by atoms with van der Waals surface area (Å²) in [6, 6.07) is 6.89. The number of benzene rings is 1. The number of nitrogens with two attached hydrogens (primary N) is 1. The molecule has 18 heavy (non-hydrogen) atoms. The zero-order valence-electron chi connectivity index (χ0n) is 10.4. The van der Waals surface area contributed by atoms with Gasteiger partial charge in [-0.05, 0) is 31.9 Å².